The Morgan fingerprint density at radius 3 is 2.38 bits per heavy atom. The summed E-state index contributed by atoms with van der Waals surface area (Å²) in [6.07, 6.45) is 3.67. The lowest BCUT2D eigenvalue weighted by molar-refractivity contribution is 0.0585. The van der Waals surface area contributed by atoms with E-state index in [1.807, 2.05) is 18.2 Å². The van der Waals surface area contributed by atoms with Crippen LogP contribution in [0.5, 0.6) is 0 Å². The summed E-state index contributed by atoms with van der Waals surface area (Å²) in [5.74, 6) is 0. The van der Waals surface area contributed by atoms with E-state index in [0.29, 0.717) is 26.2 Å². The molecule has 134 valence electrons. The Balaban J connectivity index is 1.74. The van der Waals surface area contributed by atoms with Gasteiger partial charge in [-0.2, -0.15) is 17.0 Å². The summed E-state index contributed by atoms with van der Waals surface area (Å²) >= 11 is 0. The number of rotatable bonds is 4. The van der Waals surface area contributed by atoms with E-state index in [0.717, 1.165) is 25.7 Å². The molecule has 1 aromatic rings. The molecule has 6 heteroatoms. The Bertz CT molecular complexity index is 641. The highest BCUT2D eigenvalue weighted by molar-refractivity contribution is 7.86. The zero-order valence-electron chi connectivity index (χ0n) is 14.6. The predicted octanol–water partition coefficient (Wildman–Crippen LogP) is 2.40. The summed E-state index contributed by atoms with van der Waals surface area (Å²) in [4.78, 5) is 0. The maximum absolute atomic E-state index is 13.1. The molecule has 3 rings (SSSR count). The standard InChI is InChI=1S/C18H28N2O3S/c1-18(16-7-4-3-5-8-16)11-6-12-20(15-18)24(21,22)19-13-9-17(23-2)10-14-19/h3-5,7-8,17H,6,9-15H2,1-2H3/t18-/m0/s1. The van der Waals surface area contributed by atoms with Crippen LogP contribution in [0, 0.1) is 0 Å². The third-order valence-electron chi connectivity index (χ3n) is 5.52. The quantitative estimate of drug-likeness (QED) is 0.836. The number of hydrogen-bond acceptors (Lipinski definition) is 3. The van der Waals surface area contributed by atoms with Crippen molar-refractivity contribution in [2.24, 2.45) is 0 Å². The van der Waals surface area contributed by atoms with Crippen LogP contribution in [-0.4, -0.2) is 56.4 Å². The van der Waals surface area contributed by atoms with Crippen LogP contribution in [0.15, 0.2) is 30.3 Å². The maximum Gasteiger partial charge on any atom is 0.282 e. The second-order valence-corrected chi connectivity index (χ2v) is 9.13. The van der Waals surface area contributed by atoms with E-state index in [4.69, 9.17) is 4.74 Å². The molecule has 0 unspecified atom stereocenters. The number of hydrogen-bond donors (Lipinski definition) is 0. The van der Waals surface area contributed by atoms with E-state index in [9.17, 15) is 8.42 Å². The number of piperidine rings is 2. The van der Waals surface area contributed by atoms with Crippen molar-refractivity contribution in [1.82, 2.24) is 8.61 Å². The number of benzene rings is 1. The Morgan fingerprint density at radius 2 is 1.75 bits per heavy atom. The molecule has 0 spiro atoms. The Morgan fingerprint density at radius 1 is 1.08 bits per heavy atom. The molecule has 0 aromatic heterocycles. The van der Waals surface area contributed by atoms with Crippen LogP contribution in [0.25, 0.3) is 0 Å². The highest BCUT2D eigenvalue weighted by Crippen LogP contribution is 2.35. The van der Waals surface area contributed by atoms with Crippen molar-refractivity contribution in [2.75, 3.05) is 33.3 Å². The van der Waals surface area contributed by atoms with Gasteiger partial charge in [-0.25, -0.2) is 0 Å². The Kier molecular flexibility index (Phi) is 5.30. The van der Waals surface area contributed by atoms with Gasteiger partial charge in [-0.15, -0.1) is 0 Å². The first kappa shape index (κ1) is 17.9. The fourth-order valence-corrected chi connectivity index (χ4v) is 5.73. The molecule has 2 fully saturated rings. The summed E-state index contributed by atoms with van der Waals surface area (Å²) in [6, 6.07) is 10.3. The third kappa shape index (κ3) is 3.52. The second-order valence-electron chi connectivity index (χ2n) is 7.21. The summed E-state index contributed by atoms with van der Waals surface area (Å²) < 4.78 is 34.8. The van der Waals surface area contributed by atoms with Gasteiger partial charge in [-0.05, 0) is 31.2 Å². The molecule has 2 aliphatic heterocycles. The van der Waals surface area contributed by atoms with Gasteiger partial charge >= 0.3 is 0 Å². The molecule has 0 amide bonds. The van der Waals surface area contributed by atoms with Crippen LogP contribution in [0.4, 0.5) is 0 Å². The van der Waals surface area contributed by atoms with Crippen molar-refractivity contribution in [2.45, 2.75) is 44.1 Å². The van der Waals surface area contributed by atoms with Crippen molar-refractivity contribution in [3.63, 3.8) is 0 Å². The summed E-state index contributed by atoms with van der Waals surface area (Å²) in [7, 11) is -1.69. The molecule has 0 N–H and O–H groups in total. The van der Waals surface area contributed by atoms with Gasteiger partial charge in [-0.3, -0.25) is 0 Å². The first-order chi connectivity index (χ1) is 11.5. The van der Waals surface area contributed by atoms with Crippen molar-refractivity contribution in [3.8, 4) is 0 Å². The van der Waals surface area contributed by atoms with Gasteiger partial charge in [0.1, 0.15) is 0 Å². The van der Waals surface area contributed by atoms with Gasteiger partial charge in [0.25, 0.3) is 10.2 Å². The molecule has 1 aromatic carbocycles. The number of ether oxygens (including phenoxy) is 1. The normalized spacial score (nSPS) is 28.1. The van der Waals surface area contributed by atoms with Gasteiger partial charge in [-0.1, -0.05) is 37.3 Å². The average molecular weight is 353 g/mol. The van der Waals surface area contributed by atoms with Crippen LogP contribution >= 0.6 is 0 Å². The van der Waals surface area contributed by atoms with Gasteiger partial charge < -0.3 is 4.74 Å². The zero-order valence-corrected chi connectivity index (χ0v) is 15.5. The summed E-state index contributed by atoms with van der Waals surface area (Å²) in [5.41, 5.74) is 1.11. The first-order valence-corrected chi connectivity index (χ1v) is 10.2. The second kappa shape index (κ2) is 7.12. The lowest BCUT2D eigenvalue weighted by atomic mass is 9.77. The number of methoxy groups -OCH3 is 1. The Hall–Kier alpha value is -0.950. The van der Waals surface area contributed by atoms with Gasteiger partial charge in [0.05, 0.1) is 6.10 Å². The number of nitrogens with zero attached hydrogens (tertiary/aromatic N) is 2. The van der Waals surface area contributed by atoms with Gasteiger partial charge in [0, 0.05) is 38.7 Å². The molecule has 5 nitrogen and oxygen atoms in total. The predicted molar refractivity (Wildman–Crippen MR) is 95.1 cm³/mol. The molecule has 0 saturated carbocycles. The minimum Gasteiger partial charge on any atom is -0.381 e. The van der Waals surface area contributed by atoms with Crippen LogP contribution in [-0.2, 0) is 20.4 Å². The Labute approximate surface area is 145 Å². The van der Waals surface area contributed by atoms with E-state index >= 15 is 0 Å². The molecule has 2 saturated heterocycles. The largest absolute Gasteiger partial charge is 0.381 e. The van der Waals surface area contributed by atoms with Crippen molar-refractivity contribution in [1.29, 1.82) is 0 Å². The summed E-state index contributed by atoms with van der Waals surface area (Å²) in [6.45, 7) is 4.47. The summed E-state index contributed by atoms with van der Waals surface area (Å²) in [5, 5.41) is 0. The maximum atomic E-state index is 13.1. The van der Waals surface area contributed by atoms with E-state index in [1.54, 1.807) is 15.7 Å². The molecule has 0 radical (unpaired) electrons. The SMILES string of the molecule is COC1CCN(S(=O)(=O)N2CCC[C@](C)(c3ccccc3)C2)CC1. The highest BCUT2D eigenvalue weighted by Gasteiger charge is 2.40. The average Bonchev–Trinajstić information content (AvgIpc) is 2.62. The van der Waals surface area contributed by atoms with E-state index in [1.165, 1.54) is 5.56 Å². The smallest absolute Gasteiger partial charge is 0.282 e. The fraction of sp³-hybridized carbons (Fsp3) is 0.667. The van der Waals surface area contributed by atoms with E-state index in [2.05, 4.69) is 19.1 Å². The fourth-order valence-electron chi connectivity index (χ4n) is 3.93. The van der Waals surface area contributed by atoms with Crippen LogP contribution in [0.3, 0.4) is 0 Å². The molecule has 2 heterocycles. The van der Waals surface area contributed by atoms with E-state index < -0.39 is 10.2 Å². The van der Waals surface area contributed by atoms with Gasteiger partial charge in [0.15, 0.2) is 0 Å². The third-order valence-corrected chi connectivity index (χ3v) is 7.50. The van der Waals surface area contributed by atoms with Crippen LogP contribution in [0.2, 0.25) is 0 Å². The van der Waals surface area contributed by atoms with Crippen LogP contribution < -0.4 is 0 Å². The lowest BCUT2D eigenvalue weighted by Gasteiger charge is -2.42. The molecular formula is C18H28N2O3S. The monoisotopic (exact) mass is 352 g/mol. The molecule has 24 heavy (non-hydrogen) atoms. The minimum absolute atomic E-state index is 0.114. The lowest BCUT2D eigenvalue weighted by Crippen LogP contribution is -2.53. The van der Waals surface area contributed by atoms with E-state index in [-0.39, 0.29) is 11.5 Å². The van der Waals surface area contributed by atoms with Crippen LogP contribution in [0.1, 0.15) is 38.2 Å². The van der Waals surface area contributed by atoms with Crippen molar-refractivity contribution in [3.05, 3.63) is 35.9 Å². The molecule has 0 aliphatic carbocycles. The van der Waals surface area contributed by atoms with Crippen molar-refractivity contribution >= 4 is 10.2 Å². The van der Waals surface area contributed by atoms with Gasteiger partial charge in [0.2, 0.25) is 0 Å². The zero-order chi connectivity index (χ0) is 17.2. The minimum atomic E-state index is -3.38. The molecule has 1 atom stereocenters. The molecule has 2 aliphatic rings. The molecule has 0 bridgehead atoms. The molecular weight excluding hydrogens is 324 g/mol. The highest BCUT2D eigenvalue weighted by atomic mass is 32.2. The first-order valence-electron chi connectivity index (χ1n) is 8.79. The van der Waals surface area contributed by atoms with Crippen molar-refractivity contribution < 1.29 is 13.2 Å². The topological polar surface area (TPSA) is 49.9 Å².